The molecule has 0 aliphatic carbocycles. The topological polar surface area (TPSA) is 56.0 Å². The number of fused-ring (bicyclic) bond motifs is 1. The molecule has 2 heterocycles. The summed E-state index contributed by atoms with van der Waals surface area (Å²) in [6, 6.07) is 15.8. The molecule has 4 aromatic rings. The van der Waals surface area contributed by atoms with Crippen molar-refractivity contribution in [2.24, 2.45) is 5.73 Å². The van der Waals surface area contributed by atoms with Gasteiger partial charge in [0.25, 0.3) is 5.91 Å². The van der Waals surface area contributed by atoms with Crippen LogP contribution in [0.4, 0.5) is 4.39 Å². The lowest BCUT2D eigenvalue weighted by Gasteiger charge is -2.02. The number of aromatic nitrogens is 1. The monoisotopic (exact) mass is 370 g/mol. The van der Waals surface area contributed by atoms with E-state index < -0.39 is 0 Å². The standard InChI is InChI=1S/C13H10N2OS2.C6H5F/c1-7-4-12-9(15-6-17-12)5-8(7)10-2-3-11(18-10)13(14)16;7-6-4-2-1-3-5-6/h2-6H,1H3,(H2,14,16);1-5H. The van der Waals surface area contributed by atoms with Gasteiger partial charge in [0.1, 0.15) is 5.82 Å². The van der Waals surface area contributed by atoms with Crippen LogP contribution in [0.3, 0.4) is 0 Å². The number of hydrogen-bond donors (Lipinski definition) is 1. The molecule has 0 aliphatic rings. The summed E-state index contributed by atoms with van der Waals surface area (Å²) in [5, 5.41) is 0. The first kappa shape index (κ1) is 17.3. The number of carbonyl (C=O) groups is 1. The molecule has 6 heteroatoms. The molecule has 0 bridgehead atoms. The Morgan fingerprint density at radius 3 is 2.48 bits per heavy atom. The van der Waals surface area contributed by atoms with Crippen molar-refractivity contribution in [3.8, 4) is 10.4 Å². The zero-order chi connectivity index (χ0) is 17.8. The molecule has 2 aromatic carbocycles. The molecule has 2 aromatic heterocycles. The van der Waals surface area contributed by atoms with Gasteiger partial charge in [0.15, 0.2) is 0 Å². The lowest BCUT2D eigenvalue weighted by molar-refractivity contribution is 0.100. The van der Waals surface area contributed by atoms with E-state index in [4.69, 9.17) is 5.73 Å². The molecule has 0 aliphatic heterocycles. The molecule has 0 fully saturated rings. The minimum atomic E-state index is -0.376. The molecule has 3 nitrogen and oxygen atoms in total. The van der Waals surface area contributed by atoms with Gasteiger partial charge in [0.2, 0.25) is 0 Å². The maximum Gasteiger partial charge on any atom is 0.258 e. The predicted octanol–water partition coefficient (Wildman–Crippen LogP) is 5.26. The van der Waals surface area contributed by atoms with Crippen LogP contribution in [0, 0.1) is 12.7 Å². The van der Waals surface area contributed by atoms with Crippen LogP contribution >= 0.6 is 22.7 Å². The zero-order valence-corrected chi connectivity index (χ0v) is 15.0. The Balaban J connectivity index is 0.000000219. The predicted molar refractivity (Wildman–Crippen MR) is 103 cm³/mol. The van der Waals surface area contributed by atoms with E-state index in [0.29, 0.717) is 4.88 Å². The van der Waals surface area contributed by atoms with Gasteiger partial charge in [0, 0.05) is 4.88 Å². The summed E-state index contributed by atoms with van der Waals surface area (Å²) < 4.78 is 13.1. The number of amides is 1. The maximum atomic E-state index is 11.9. The summed E-state index contributed by atoms with van der Waals surface area (Å²) in [5.74, 6) is -0.555. The van der Waals surface area contributed by atoms with Gasteiger partial charge in [-0.2, -0.15) is 0 Å². The number of thiophene rings is 1. The van der Waals surface area contributed by atoms with Crippen molar-refractivity contribution < 1.29 is 9.18 Å². The van der Waals surface area contributed by atoms with E-state index in [-0.39, 0.29) is 11.7 Å². The number of nitrogens with zero attached hydrogens (tertiary/aromatic N) is 1. The molecule has 0 saturated heterocycles. The van der Waals surface area contributed by atoms with E-state index >= 15 is 0 Å². The van der Waals surface area contributed by atoms with Crippen molar-refractivity contribution in [2.45, 2.75) is 6.92 Å². The average molecular weight is 370 g/mol. The van der Waals surface area contributed by atoms with E-state index in [2.05, 4.69) is 24.0 Å². The Labute approximate surface area is 152 Å². The molecule has 4 rings (SSSR count). The molecule has 0 radical (unpaired) electrons. The molecular weight excluding hydrogens is 355 g/mol. The smallest absolute Gasteiger partial charge is 0.258 e. The summed E-state index contributed by atoms with van der Waals surface area (Å²) in [4.78, 5) is 17.1. The number of carbonyl (C=O) groups excluding carboxylic acids is 1. The molecule has 25 heavy (non-hydrogen) atoms. The zero-order valence-electron chi connectivity index (χ0n) is 13.4. The first-order chi connectivity index (χ1) is 12.0. The Kier molecular flexibility index (Phi) is 5.21. The van der Waals surface area contributed by atoms with Gasteiger partial charge < -0.3 is 5.73 Å². The summed E-state index contributed by atoms with van der Waals surface area (Å²) in [6.45, 7) is 2.07. The highest BCUT2D eigenvalue weighted by Gasteiger charge is 2.10. The van der Waals surface area contributed by atoms with Crippen molar-refractivity contribution in [1.29, 1.82) is 0 Å². The molecule has 1 amide bonds. The van der Waals surface area contributed by atoms with Crippen molar-refractivity contribution in [1.82, 2.24) is 4.98 Å². The van der Waals surface area contributed by atoms with Crippen molar-refractivity contribution in [3.05, 3.63) is 76.4 Å². The van der Waals surface area contributed by atoms with Crippen LogP contribution in [-0.4, -0.2) is 10.9 Å². The van der Waals surface area contributed by atoms with Crippen molar-refractivity contribution >= 4 is 38.8 Å². The lowest BCUT2D eigenvalue weighted by Crippen LogP contribution is -2.07. The third-order valence-corrected chi connectivity index (χ3v) is 5.45. The largest absolute Gasteiger partial charge is 0.365 e. The Morgan fingerprint density at radius 1 is 1.12 bits per heavy atom. The second-order valence-corrected chi connectivity index (χ2v) is 7.28. The highest BCUT2D eigenvalue weighted by atomic mass is 32.1. The van der Waals surface area contributed by atoms with Crippen LogP contribution < -0.4 is 5.73 Å². The normalized spacial score (nSPS) is 10.3. The fourth-order valence-corrected chi connectivity index (χ4v) is 4.00. The number of thiazole rings is 1. The van der Waals surface area contributed by atoms with Gasteiger partial charge in [-0.1, -0.05) is 18.2 Å². The number of rotatable bonds is 2. The van der Waals surface area contributed by atoms with E-state index in [1.54, 1.807) is 35.6 Å². The van der Waals surface area contributed by atoms with Crippen LogP contribution in [0.2, 0.25) is 0 Å². The summed E-state index contributed by atoms with van der Waals surface area (Å²) in [6.07, 6.45) is 0. The second kappa shape index (κ2) is 7.55. The van der Waals surface area contributed by atoms with Gasteiger partial charge in [-0.25, -0.2) is 9.37 Å². The highest BCUT2D eigenvalue weighted by Crippen LogP contribution is 2.33. The minimum Gasteiger partial charge on any atom is -0.365 e. The quantitative estimate of drug-likeness (QED) is 0.523. The van der Waals surface area contributed by atoms with Crippen LogP contribution in [0.5, 0.6) is 0 Å². The van der Waals surface area contributed by atoms with Gasteiger partial charge >= 0.3 is 0 Å². The van der Waals surface area contributed by atoms with E-state index in [9.17, 15) is 9.18 Å². The molecule has 2 N–H and O–H groups in total. The SMILES string of the molecule is Cc1cc2scnc2cc1-c1ccc(C(N)=O)s1.Fc1ccccc1. The third kappa shape index (κ3) is 4.10. The fraction of sp³-hybridized carbons (Fsp3) is 0.0526. The molecule has 0 spiro atoms. The van der Waals surface area contributed by atoms with Crippen LogP contribution in [-0.2, 0) is 0 Å². The van der Waals surface area contributed by atoms with Gasteiger partial charge in [-0.3, -0.25) is 4.79 Å². The minimum absolute atomic E-state index is 0.178. The number of aryl methyl sites for hydroxylation is 1. The fourth-order valence-electron chi connectivity index (χ4n) is 2.30. The van der Waals surface area contributed by atoms with Gasteiger partial charge in [-0.15, -0.1) is 22.7 Å². The summed E-state index contributed by atoms with van der Waals surface area (Å²) in [5.41, 5.74) is 10.4. The van der Waals surface area contributed by atoms with E-state index in [1.807, 2.05) is 11.6 Å². The third-order valence-electron chi connectivity index (χ3n) is 3.52. The van der Waals surface area contributed by atoms with Crippen LogP contribution in [0.25, 0.3) is 20.7 Å². The number of hydrogen-bond acceptors (Lipinski definition) is 4. The van der Waals surface area contributed by atoms with Crippen molar-refractivity contribution in [3.63, 3.8) is 0 Å². The van der Waals surface area contributed by atoms with Crippen molar-refractivity contribution in [2.75, 3.05) is 0 Å². The molecule has 0 atom stereocenters. The number of benzene rings is 2. The van der Waals surface area contributed by atoms with Crippen LogP contribution in [0.15, 0.2) is 60.1 Å². The first-order valence-corrected chi connectivity index (χ1v) is 9.18. The average Bonchev–Trinajstić information content (AvgIpc) is 3.24. The highest BCUT2D eigenvalue weighted by molar-refractivity contribution is 7.17. The lowest BCUT2D eigenvalue weighted by atomic mass is 10.1. The summed E-state index contributed by atoms with van der Waals surface area (Å²) in [7, 11) is 0. The second-order valence-electron chi connectivity index (χ2n) is 5.31. The van der Waals surface area contributed by atoms with Gasteiger partial charge in [0.05, 0.1) is 20.6 Å². The molecule has 0 unspecified atom stereocenters. The van der Waals surface area contributed by atoms with E-state index in [0.717, 1.165) is 16.0 Å². The Bertz CT molecular complexity index is 1010. The summed E-state index contributed by atoms with van der Waals surface area (Å²) >= 11 is 3.05. The molecular formula is C19H15FN2OS2. The Hall–Kier alpha value is -2.57. The number of halogens is 1. The first-order valence-electron chi connectivity index (χ1n) is 7.49. The van der Waals surface area contributed by atoms with Crippen LogP contribution in [0.1, 0.15) is 15.2 Å². The Morgan fingerprint density at radius 2 is 1.88 bits per heavy atom. The maximum absolute atomic E-state index is 11.9. The molecule has 126 valence electrons. The number of nitrogens with two attached hydrogens (primary N) is 1. The molecule has 0 saturated carbocycles. The van der Waals surface area contributed by atoms with Gasteiger partial charge in [-0.05, 0) is 54.4 Å². The number of primary amides is 1. The van der Waals surface area contributed by atoms with E-state index in [1.165, 1.54) is 33.7 Å².